The molecule has 0 radical (unpaired) electrons. The smallest absolute Gasteiger partial charge is 0.251 e. The highest BCUT2D eigenvalue weighted by molar-refractivity contribution is 7.89. The maximum atomic E-state index is 14.1. The van der Waals surface area contributed by atoms with E-state index in [4.69, 9.17) is 5.73 Å². The Balaban J connectivity index is 1.86. The molecule has 11 heteroatoms. The number of fused-ring (bicyclic) bond motifs is 1. The first-order valence-corrected chi connectivity index (χ1v) is 12.0. The monoisotopic (exact) mass is 472 g/mol. The molecular weight excluding hydrogens is 447 g/mol. The minimum atomic E-state index is -3.63. The molecule has 0 saturated carbocycles. The number of amides is 1. The van der Waals surface area contributed by atoms with Crippen LogP contribution in [0.1, 0.15) is 23.2 Å². The summed E-state index contributed by atoms with van der Waals surface area (Å²) in [6, 6.07) is 9.75. The Morgan fingerprint density at radius 1 is 1.24 bits per heavy atom. The van der Waals surface area contributed by atoms with E-state index in [0.29, 0.717) is 40.8 Å². The van der Waals surface area contributed by atoms with Crippen LogP contribution in [0, 0.1) is 0 Å². The third kappa shape index (κ3) is 4.52. The van der Waals surface area contributed by atoms with Crippen molar-refractivity contribution in [1.29, 1.82) is 0 Å². The second kappa shape index (κ2) is 9.38. The van der Waals surface area contributed by atoms with Gasteiger partial charge in [0.05, 0.1) is 17.0 Å². The van der Waals surface area contributed by atoms with Crippen LogP contribution in [0.3, 0.4) is 0 Å². The summed E-state index contributed by atoms with van der Waals surface area (Å²) in [5.41, 5.74) is 7.67. The van der Waals surface area contributed by atoms with Crippen LogP contribution in [0.4, 0.5) is 4.39 Å². The van der Waals surface area contributed by atoms with Crippen molar-refractivity contribution >= 4 is 27.0 Å². The Kier molecular flexibility index (Phi) is 6.54. The number of benzene rings is 2. The van der Waals surface area contributed by atoms with Crippen molar-refractivity contribution in [1.82, 2.24) is 24.6 Å². The summed E-state index contributed by atoms with van der Waals surface area (Å²) in [6.07, 6.45) is 2.92. The topological polar surface area (TPSA) is 123 Å². The Morgan fingerprint density at radius 2 is 2.00 bits per heavy atom. The molecule has 174 valence electrons. The molecule has 1 amide bonds. The minimum Gasteiger partial charge on any atom is -0.355 e. The number of aromatic nitrogens is 3. The number of carbonyl (C=O) groups is 1. The van der Waals surface area contributed by atoms with E-state index in [9.17, 15) is 17.6 Å². The molecule has 9 nitrogen and oxygen atoms in total. The molecule has 1 aromatic heterocycles. The number of nitrogens with one attached hydrogen (secondary N) is 1. The summed E-state index contributed by atoms with van der Waals surface area (Å²) in [5, 5.41) is 10.8. The third-order valence-electron chi connectivity index (χ3n) is 5.60. The number of rotatable bonds is 7. The second-order valence-electron chi connectivity index (χ2n) is 7.74. The van der Waals surface area contributed by atoms with Crippen molar-refractivity contribution in [2.24, 2.45) is 5.73 Å². The van der Waals surface area contributed by atoms with Gasteiger partial charge in [0, 0.05) is 37.8 Å². The van der Waals surface area contributed by atoms with Crippen LogP contribution >= 0.6 is 0 Å². The molecule has 3 N–H and O–H groups in total. The molecule has 0 unspecified atom stereocenters. The molecule has 1 aliphatic rings. The molecule has 1 saturated heterocycles. The van der Waals surface area contributed by atoms with Crippen LogP contribution in [-0.2, 0) is 16.6 Å². The summed E-state index contributed by atoms with van der Waals surface area (Å²) >= 11 is 0. The molecular formula is C22H25FN6O3S. The zero-order chi connectivity index (χ0) is 23.6. The maximum absolute atomic E-state index is 14.1. The summed E-state index contributed by atoms with van der Waals surface area (Å²) in [7, 11) is -2.12. The molecule has 1 aliphatic heterocycles. The molecule has 2 heterocycles. The summed E-state index contributed by atoms with van der Waals surface area (Å²) < 4.78 is 43.1. The predicted octanol–water partition coefficient (Wildman–Crippen LogP) is 2.05. The molecule has 0 atom stereocenters. The number of nitrogens with two attached hydrogens (primary N) is 1. The lowest BCUT2D eigenvalue weighted by Gasteiger charge is -2.16. The fourth-order valence-electron chi connectivity index (χ4n) is 3.92. The fraction of sp³-hybridized carbons (Fsp3) is 0.318. The van der Waals surface area contributed by atoms with E-state index in [2.05, 4.69) is 15.6 Å². The largest absolute Gasteiger partial charge is 0.355 e. The van der Waals surface area contributed by atoms with Crippen LogP contribution < -0.4 is 11.1 Å². The summed E-state index contributed by atoms with van der Waals surface area (Å²) in [5.74, 6) is -0.820. The van der Waals surface area contributed by atoms with Gasteiger partial charge in [0.1, 0.15) is 11.3 Å². The van der Waals surface area contributed by atoms with Gasteiger partial charge in [-0.05, 0) is 48.7 Å². The highest BCUT2D eigenvalue weighted by Gasteiger charge is 2.27. The van der Waals surface area contributed by atoms with E-state index < -0.39 is 15.9 Å². The van der Waals surface area contributed by atoms with E-state index in [1.165, 1.54) is 22.1 Å². The van der Waals surface area contributed by atoms with Gasteiger partial charge in [-0.15, -0.1) is 5.10 Å². The first-order chi connectivity index (χ1) is 15.8. The van der Waals surface area contributed by atoms with Gasteiger partial charge in [0.25, 0.3) is 5.91 Å². The van der Waals surface area contributed by atoms with Crippen LogP contribution in [0.25, 0.3) is 22.2 Å². The predicted molar refractivity (Wildman–Crippen MR) is 123 cm³/mol. The standard InChI is InChI=1S/C22H25FN6O3S/c1-25-22(30)16-12-19(21-20(13-16)29(27-26-21)14-17(23)7-8-24)15-5-4-6-18(11-15)33(31,32)28-9-2-3-10-28/h4-7,11-13H,2-3,8-10,14,24H2,1H3,(H,25,30)/b17-7-. The number of hydrogen-bond acceptors (Lipinski definition) is 6. The van der Waals surface area contributed by atoms with Crippen molar-refractivity contribution in [3.05, 3.63) is 53.9 Å². The molecule has 3 aromatic rings. The lowest BCUT2D eigenvalue weighted by atomic mass is 10.0. The van der Waals surface area contributed by atoms with E-state index in [-0.39, 0.29) is 23.9 Å². The Hall–Kier alpha value is -3.15. The van der Waals surface area contributed by atoms with Gasteiger partial charge in [0.2, 0.25) is 10.0 Å². The molecule has 0 aliphatic carbocycles. The van der Waals surface area contributed by atoms with Gasteiger partial charge in [-0.3, -0.25) is 4.79 Å². The van der Waals surface area contributed by atoms with Crippen molar-refractivity contribution in [3.8, 4) is 11.1 Å². The first-order valence-electron chi connectivity index (χ1n) is 10.6. The highest BCUT2D eigenvalue weighted by atomic mass is 32.2. The molecule has 0 bridgehead atoms. The molecule has 33 heavy (non-hydrogen) atoms. The minimum absolute atomic E-state index is 0.0471. The fourth-order valence-corrected chi connectivity index (χ4v) is 5.48. The number of halogens is 1. The number of hydrogen-bond donors (Lipinski definition) is 2. The Labute approximate surface area is 191 Å². The van der Waals surface area contributed by atoms with E-state index in [0.717, 1.165) is 12.8 Å². The lowest BCUT2D eigenvalue weighted by Crippen LogP contribution is -2.27. The van der Waals surface area contributed by atoms with Crippen LogP contribution in [-0.4, -0.2) is 60.3 Å². The number of carbonyl (C=O) groups excluding carboxylic acids is 1. The van der Waals surface area contributed by atoms with Crippen molar-refractivity contribution < 1.29 is 17.6 Å². The molecule has 0 spiro atoms. The van der Waals surface area contributed by atoms with Crippen LogP contribution in [0.15, 0.2) is 53.2 Å². The maximum Gasteiger partial charge on any atom is 0.251 e. The van der Waals surface area contributed by atoms with Crippen molar-refractivity contribution in [2.75, 3.05) is 26.7 Å². The van der Waals surface area contributed by atoms with Crippen molar-refractivity contribution in [2.45, 2.75) is 24.3 Å². The third-order valence-corrected chi connectivity index (χ3v) is 7.49. The second-order valence-corrected chi connectivity index (χ2v) is 9.68. The average Bonchev–Trinajstić information content (AvgIpc) is 3.49. The normalized spacial score (nSPS) is 15.3. The number of allylic oxidation sites excluding steroid dienone is 1. The zero-order valence-electron chi connectivity index (χ0n) is 18.2. The number of sulfonamides is 1. The van der Waals surface area contributed by atoms with Gasteiger partial charge in [-0.1, -0.05) is 17.3 Å². The number of nitrogens with zero attached hydrogens (tertiary/aromatic N) is 4. The summed E-state index contributed by atoms with van der Waals surface area (Å²) in [6.45, 7) is 0.859. The van der Waals surface area contributed by atoms with Gasteiger partial charge in [-0.2, -0.15) is 4.31 Å². The molecule has 1 fully saturated rings. The molecule has 2 aromatic carbocycles. The first kappa shape index (κ1) is 23.0. The molecule has 4 rings (SSSR count). The Bertz CT molecular complexity index is 1330. The van der Waals surface area contributed by atoms with Crippen LogP contribution in [0.5, 0.6) is 0 Å². The SMILES string of the molecule is CNC(=O)c1cc(-c2cccc(S(=O)(=O)N3CCCC3)c2)c2nnn(C/C(F)=C/CN)c2c1. The quantitative estimate of drug-likeness (QED) is 0.543. The van der Waals surface area contributed by atoms with Gasteiger partial charge >= 0.3 is 0 Å². The van der Waals surface area contributed by atoms with Gasteiger partial charge < -0.3 is 11.1 Å². The zero-order valence-corrected chi connectivity index (χ0v) is 19.0. The van der Waals surface area contributed by atoms with E-state index >= 15 is 0 Å². The van der Waals surface area contributed by atoms with Gasteiger partial charge in [0.15, 0.2) is 0 Å². The summed E-state index contributed by atoms with van der Waals surface area (Å²) in [4.78, 5) is 12.6. The average molecular weight is 473 g/mol. The Morgan fingerprint density at radius 3 is 2.70 bits per heavy atom. The van der Waals surface area contributed by atoms with Crippen molar-refractivity contribution in [3.63, 3.8) is 0 Å². The lowest BCUT2D eigenvalue weighted by molar-refractivity contribution is 0.0963. The van der Waals surface area contributed by atoms with Gasteiger partial charge in [-0.25, -0.2) is 17.5 Å². The highest BCUT2D eigenvalue weighted by Crippen LogP contribution is 2.32. The van der Waals surface area contributed by atoms with E-state index in [1.54, 1.807) is 36.4 Å². The van der Waals surface area contributed by atoms with Crippen LogP contribution in [0.2, 0.25) is 0 Å². The van der Waals surface area contributed by atoms with E-state index in [1.807, 2.05) is 0 Å².